The van der Waals surface area contributed by atoms with Crippen LogP contribution in [-0.2, 0) is 0 Å². The van der Waals surface area contributed by atoms with Crippen molar-refractivity contribution in [2.24, 2.45) is 5.73 Å². The van der Waals surface area contributed by atoms with E-state index in [9.17, 15) is 0 Å². The van der Waals surface area contributed by atoms with Crippen LogP contribution in [0.25, 0.3) is 0 Å². The van der Waals surface area contributed by atoms with Gasteiger partial charge in [-0.15, -0.1) is 0 Å². The summed E-state index contributed by atoms with van der Waals surface area (Å²) < 4.78 is 0. The van der Waals surface area contributed by atoms with Crippen molar-refractivity contribution in [1.82, 2.24) is 4.90 Å². The van der Waals surface area contributed by atoms with Crippen molar-refractivity contribution >= 4 is 0 Å². The fourth-order valence-electron chi connectivity index (χ4n) is 1.14. The van der Waals surface area contributed by atoms with E-state index in [0.717, 1.165) is 19.5 Å². The van der Waals surface area contributed by atoms with Gasteiger partial charge in [0.15, 0.2) is 0 Å². The molecular formula is C9H22N2. The molecule has 0 fully saturated rings. The van der Waals surface area contributed by atoms with E-state index in [0.29, 0.717) is 12.1 Å². The molecule has 0 saturated carbocycles. The summed E-state index contributed by atoms with van der Waals surface area (Å²) in [6.07, 6.45) is 1.07. The predicted octanol–water partition coefficient (Wildman–Crippen LogP) is 1.45. The van der Waals surface area contributed by atoms with Gasteiger partial charge in [-0.05, 0) is 26.8 Å². The minimum Gasteiger partial charge on any atom is -0.327 e. The molecule has 2 nitrogen and oxygen atoms in total. The van der Waals surface area contributed by atoms with Crippen LogP contribution >= 0.6 is 0 Å². The van der Waals surface area contributed by atoms with Crippen LogP contribution in [-0.4, -0.2) is 30.1 Å². The van der Waals surface area contributed by atoms with Gasteiger partial charge in [0, 0.05) is 18.6 Å². The van der Waals surface area contributed by atoms with Crippen LogP contribution in [0.1, 0.15) is 34.1 Å². The van der Waals surface area contributed by atoms with Crippen molar-refractivity contribution in [2.75, 3.05) is 13.1 Å². The minimum absolute atomic E-state index is 0.345. The van der Waals surface area contributed by atoms with E-state index in [4.69, 9.17) is 5.73 Å². The highest BCUT2D eigenvalue weighted by Crippen LogP contribution is 1.99. The SMILES string of the molecule is CCC(N)CN(CC)C(C)C. The highest BCUT2D eigenvalue weighted by Gasteiger charge is 2.09. The number of likely N-dealkylation sites (N-methyl/N-ethyl adjacent to an activating group) is 1. The van der Waals surface area contributed by atoms with Gasteiger partial charge in [0.05, 0.1) is 0 Å². The molecule has 0 bridgehead atoms. The Labute approximate surface area is 70.8 Å². The largest absolute Gasteiger partial charge is 0.327 e. The Morgan fingerprint density at radius 1 is 1.27 bits per heavy atom. The van der Waals surface area contributed by atoms with E-state index in [-0.39, 0.29) is 0 Å². The Bertz CT molecular complexity index is 91.6. The second-order valence-corrected chi connectivity index (χ2v) is 3.35. The van der Waals surface area contributed by atoms with Crippen LogP contribution in [0.15, 0.2) is 0 Å². The molecule has 2 heteroatoms. The summed E-state index contributed by atoms with van der Waals surface area (Å²) in [5.41, 5.74) is 5.85. The van der Waals surface area contributed by atoms with Gasteiger partial charge < -0.3 is 5.73 Å². The van der Waals surface area contributed by atoms with Gasteiger partial charge in [-0.1, -0.05) is 13.8 Å². The summed E-state index contributed by atoms with van der Waals surface area (Å²) in [4.78, 5) is 2.40. The summed E-state index contributed by atoms with van der Waals surface area (Å²) >= 11 is 0. The third-order valence-corrected chi connectivity index (χ3v) is 2.13. The van der Waals surface area contributed by atoms with Crippen LogP contribution in [0.5, 0.6) is 0 Å². The van der Waals surface area contributed by atoms with E-state index in [1.165, 1.54) is 0 Å². The summed E-state index contributed by atoms with van der Waals surface area (Å²) in [6, 6.07) is 0.968. The molecule has 0 saturated heterocycles. The van der Waals surface area contributed by atoms with Gasteiger partial charge in [0.1, 0.15) is 0 Å². The second kappa shape index (κ2) is 5.56. The summed E-state index contributed by atoms with van der Waals surface area (Å²) in [6.45, 7) is 10.9. The van der Waals surface area contributed by atoms with Crippen molar-refractivity contribution in [3.05, 3.63) is 0 Å². The molecule has 0 aromatic heterocycles. The Morgan fingerprint density at radius 3 is 2.09 bits per heavy atom. The maximum Gasteiger partial charge on any atom is 0.0165 e. The molecule has 0 spiro atoms. The Morgan fingerprint density at radius 2 is 1.82 bits per heavy atom. The first kappa shape index (κ1) is 10.9. The van der Waals surface area contributed by atoms with E-state index < -0.39 is 0 Å². The van der Waals surface area contributed by atoms with E-state index in [2.05, 4.69) is 32.6 Å². The van der Waals surface area contributed by atoms with Gasteiger partial charge in [-0.2, -0.15) is 0 Å². The molecule has 0 amide bonds. The van der Waals surface area contributed by atoms with Gasteiger partial charge >= 0.3 is 0 Å². The van der Waals surface area contributed by atoms with E-state index >= 15 is 0 Å². The van der Waals surface area contributed by atoms with E-state index in [1.54, 1.807) is 0 Å². The zero-order chi connectivity index (χ0) is 8.85. The van der Waals surface area contributed by atoms with Crippen LogP contribution in [0.4, 0.5) is 0 Å². The fourth-order valence-corrected chi connectivity index (χ4v) is 1.14. The van der Waals surface area contributed by atoms with Gasteiger partial charge in [-0.25, -0.2) is 0 Å². The number of nitrogens with two attached hydrogens (primary N) is 1. The molecule has 68 valence electrons. The van der Waals surface area contributed by atoms with Crippen molar-refractivity contribution in [2.45, 2.75) is 46.2 Å². The molecule has 1 atom stereocenters. The van der Waals surface area contributed by atoms with Crippen molar-refractivity contribution in [1.29, 1.82) is 0 Å². The lowest BCUT2D eigenvalue weighted by molar-refractivity contribution is 0.217. The topological polar surface area (TPSA) is 29.3 Å². The number of hydrogen-bond donors (Lipinski definition) is 1. The average Bonchev–Trinajstić information content (AvgIpc) is 1.99. The van der Waals surface area contributed by atoms with Crippen molar-refractivity contribution < 1.29 is 0 Å². The monoisotopic (exact) mass is 158 g/mol. The molecule has 0 radical (unpaired) electrons. The third-order valence-electron chi connectivity index (χ3n) is 2.13. The van der Waals surface area contributed by atoms with Gasteiger partial charge in [0.2, 0.25) is 0 Å². The molecule has 0 rings (SSSR count). The number of hydrogen-bond acceptors (Lipinski definition) is 2. The van der Waals surface area contributed by atoms with Crippen LogP contribution in [0, 0.1) is 0 Å². The average molecular weight is 158 g/mol. The first-order valence-electron chi connectivity index (χ1n) is 4.61. The molecule has 2 N–H and O–H groups in total. The number of rotatable bonds is 5. The Hall–Kier alpha value is -0.0800. The van der Waals surface area contributed by atoms with Crippen molar-refractivity contribution in [3.8, 4) is 0 Å². The Kier molecular flexibility index (Phi) is 5.51. The zero-order valence-electron chi connectivity index (χ0n) is 8.30. The normalized spacial score (nSPS) is 14.5. The highest BCUT2D eigenvalue weighted by molar-refractivity contribution is 4.68. The zero-order valence-corrected chi connectivity index (χ0v) is 8.30. The first-order valence-corrected chi connectivity index (χ1v) is 4.61. The third kappa shape index (κ3) is 4.38. The lowest BCUT2D eigenvalue weighted by Gasteiger charge is -2.27. The van der Waals surface area contributed by atoms with Gasteiger partial charge in [-0.3, -0.25) is 4.90 Å². The smallest absolute Gasteiger partial charge is 0.0165 e. The Balaban J connectivity index is 3.68. The quantitative estimate of drug-likeness (QED) is 0.656. The standard InChI is InChI=1S/C9H22N2/c1-5-9(10)7-11(6-2)8(3)4/h8-9H,5-7,10H2,1-4H3. The maximum atomic E-state index is 5.85. The lowest BCUT2D eigenvalue weighted by Crippen LogP contribution is -2.40. The van der Waals surface area contributed by atoms with Crippen LogP contribution < -0.4 is 5.73 Å². The summed E-state index contributed by atoms with van der Waals surface area (Å²) in [7, 11) is 0. The predicted molar refractivity (Wildman–Crippen MR) is 50.6 cm³/mol. The fraction of sp³-hybridized carbons (Fsp3) is 1.00. The molecule has 1 unspecified atom stereocenters. The van der Waals surface area contributed by atoms with E-state index in [1.807, 2.05) is 0 Å². The molecule has 0 heterocycles. The van der Waals surface area contributed by atoms with Crippen molar-refractivity contribution in [3.63, 3.8) is 0 Å². The summed E-state index contributed by atoms with van der Waals surface area (Å²) in [5, 5.41) is 0. The molecule has 0 aliphatic carbocycles. The molecule has 0 aliphatic rings. The lowest BCUT2D eigenvalue weighted by atomic mass is 10.2. The molecular weight excluding hydrogens is 136 g/mol. The molecule has 0 aliphatic heterocycles. The molecule has 0 aromatic rings. The van der Waals surface area contributed by atoms with Crippen LogP contribution in [0.2, 0.25) is 0 Å². The summed E-state index contributed by atoms with van der Waals surface area (Å²) in [5.74, 6) is 0. The van der Waals surface area contributed by atoms with Crippen LogP contribution in [0.3, 0.4) is 0 Å². The maximum absolute atomic E-state index is 5.85. The highest BCUT2D eigenvalue weighted by atomic mass is 15.1. The minimum atomic E-state index is 0.345. The number of nitrogens with zero attached hydrogens (tertiary/aromatic N) is 1. The molecule has 0 aromatic carbocycles. The molecule has 11 heavy (non-hydrogen) atoms. The van der Waals surface area contributed by atoms with Gasteiger partial charge in [0.25, 0.3) is 0 Å². The first-order chi connectivity index (χ1) is 5.11. The second-order valence-electron chi connectivity index (χ2n) is 3.35.